The van der Waals surface area contributed by atoms with Gasteiger partial charge in [-0.1, -0.05) is 41.5 Å². The molecule has 0 aromatic carbocycles. The third-order valence-corrected chi connectivity index (χ3v) is 4.82. The van der Waals surface area contributed by atoms with Crippen molar-refractivity contribution in [1.29, 1.82) is 0 Å². The number of hydrogen-bond donors (Lipinski definition) is 2. The molecule has 0 aliphatic heterocycles. The minimum atomic E-state index is -0.526. The van der Waals surface area contributed by atoms with Crippen LogP contribution < -0.4 is 10.6 Å². The lowest BCUT2D eigenvalue weighted by Gasteiger charge is -2.35. The number of hydrogen-bond acceptors (Lipinski definition) is 4. The molecule has 0 bridgehead atoms. The van der Waals surface area contributed by atoms with Crippen LogP contribution in [0.25, 0.3) is 0 Å². The molecule has 6 heteroatoms. The van der Waals surface area contributed by atoms with Crippen molar-refractivity contribution in [2.45, 2.75) is 80.8 Å². The number of methoxy groups -OCH3 is 1. The van der Waals surface area contributed by atoms with Gasteiger partial charge in [0.15, 0.2) is 0 Å². The van der Waals surface area contributed by atoms with Gasteiger partial charge in [-0.25, -0.2) is 0 Å². The van der Waals surface area contributed by atoms with Crippen molar-refractivity contribution >= 4 is 11.8 Å². The number of ether oxygens (including phenoxy) is 2. The van der Waals surface area contributed by atoms with E-state index in [-0.39, 0.29) is 22.6 Å². The Hall–Kier alpha value is -1.14. The molecule has 0 radical (unpaired) electrons. The number of rotatable bonds is 13. The van der Waals surface area contributed by atoms with Crippen molar-refractivity contribution in [3.8, 4) is 0 Å². The minimum absolute atomic E-state index is 0.0232. The highest BCUT2D eigenvalue weighted by atomic mass is 16.5. The normalized spacial score (nSPS) is 13.4. The smallest absolute Gasteiger partial charge is 0.225 e. The summed E-state index contributed by atoms with van der Waals surface area (Å²) in [4.78, 5) is 23.8. The predicted molar refractivity (Wildman–Crippen MR) is 114 cm³/mol. The quantitative estimate of drug-likeness (QED) is 0.496. The molecule has 0 heterocycles. The molecule has 2 N–H and O–H groups in total. The zero-order valence-electron chi connectivity index (χ0n) is 19.9. The van der Waals surface area contributed by atoms with Crippen LogP contribution in [0.4, 0.5) is 0 Å². The van der Waals surface area contributed by atoms with E-state index in [1.165, 1.54) is 6.92 Å². The van der Waals surface area contributed by atoms with Crippen molar-refractivity contribution in [3.05, 3.63) is 0 Å². The second-order valence-electron chi connectivity index (χ2n) is 10.8. The summed E-state index contributed by atoms with van der Waals surface area (Å²) in [5, 5.41) is 5.89. The molecular formula is C22H44N2O4. The number of carbonyl (C=O) groups is 2. The lowest BCUT2D eigenvalue weighted by atomic mass is 9.75. The van der Waals surface area contributed by atoms with Crippen LogP contribution in [0.15, 0.2) is 0 Å². The van der Waals surface area contributed by atoms with E-state index in [2.05, 4.69) is 38.3 Å². The lowest BCUT2D eigenvalue weighted by molar-refractivity contribution is -0.132. The van der Waals surface area contributed by atoms with E-state index in [1.54, 1.807) is 7.11 Å². The third kappa shape index (κ3) is 11.6. The van der Waals surface area contributed by atoms with E-state index in [1.807, 2.05) is 27.7 Å². The molecule has 0 saturated heterocycles. The second kappa shape index (κ2) is 10.6. The minimum Gasteiger partial charge on any atom is -0.384 e. The highest BCUT2D eigenvalue weighted by Crippen LogP contribution is 2.33. The van der Waals surface area contributed by atoms with E-state index >= 15 is 0 Å². The first-order chi connectivity index (χ1) is 12.5. The summed E-state index contributed by atoms with van der Waals surface area (Å²) in [6, 6.07) is 0. The van der Waals surface area contributed by atoms with Gasteiger partial charge in [-0.2, -0.15) is 0 Å². The van der Waals surface area contributed by atoms with Gasteiger partial charge >= 0.3 is 0 Å². The largest absolute Gasteiger partial charge is 0.384 e. The first-order valence-electron chi connectivity index (χ1n) is 10.2. The zero-order valence-corrected chi connectivity index (χ0v) is 19.9. The van der Waals surface area contributed by atoms with E-state index in [0.29, 0.717) is 32.7 Å². The number of amides is 2. The van der Waals surface area contributed by atoms with Crippen LogP contribution >= 0.6 is 0 Å². The fraction of sp³-hybridized carbons (Fsp3) is 0.909. The van der Waals surface area contributed by atoms with Gasteiger partial charge < -0.3 is 20.1 Å². The maximum Gasteiger partial charge on any atom is 0.225 e. The van der Waals surface area contributed by atoms with Gasteiger partial charge in [-0.05, 0) is 37.5 Å². The SMILES string of the molecule is COCC(C)(C)CC(C)(C)CNC(=O)C(C)(C)CCOC(C)(C)CNC(C)=O. The molecule has 0 fully saturated rings. The highest BCUT2D eigenvalue weighted by Gasteiger charge is 2.33. The summed E-state index contributed by atoms with van der Waals surface area (Å²) in [7, 11) is 1.72. The molecule has 0 atom stereocenters. The van der Waals surface area contributed by atoms with Crippen LogP contribution in [0.3, 0.4) is 0 Å². The van der Waals surface area contributed by atoms with E-state index in [9.17, 15) is 9.59 Å². The van der Waals surface area contributed by atoms with Gasteiger partial charge in [0.1, 0.15) is 0 Å². The first-order valence-corrected chi connectivity index (χ1v) is 10.2. The van der Waals surface area contributed by atoms with Crippen LogP contribution in [0.2, 0.25) is 0 Å². The van der Waals surface area contributed by atoms with E-state index < -0.39 is 11.0 Å². The maximum absolute atomic E-state index is 12.7. The van der Waals surface area contributed by atoms with E-state index in [4.69, 9.17) is 9.47 Å². The molecule has 0 unspecified atom stereocenters. The molecule has 0 aromatic rings. The predicted octanol–water partition coefficient (Wildman–Crippen LogP) is 3.54. The molecule has 0 rings (SSSR count). The molecular weight excluding hydrogens is 356 g/mol. The standard InChI is InChI=1S/C22H44N2O4/c1-17(25)23-15-22(8,9)28-12-11-21(6,7)18(26)24-14-19(2,3)13-20(4,5)16-27-10/h11-16H2,1-10H3,(H,23,25)(H,24,26). The Bertz CT molecular complexity index is 511. The Balaban J connectivity index is 4.52. The lowest BCUT2D eigenvalue weighted by Crippen LogP contribution is -2.44. The monoisotopic (exact) mass is 400 g/mol. The third-order valence-electron chi connectivity index (χ3n) is 4.82. The summed E-state index contributed by atoms with van der Waals surface area (Å²) < 4.78 is 11.2. The van der Waals surface area contributed by atoms with Crippen LogP contribution in [0.5, 0.6) is 0 Å². The topological polar surface area (TPSA) is 76.7 Å². The Labute approximate surface area is 172 Å². The molecule has 0 saturated carbocycles. The Morgan fingerprint density at radius 2 is 1.43 bits per heavy atom. The molecule has 0 aromatic heterocycles. The highest BCUT2D eigenvalue weighted by molar-refractivity contribution is 5.81. The van der Waals surface area contributed by atoms with Crippen molar-refractivity contribution < 1.29 is 19.1 Å². The Kier molecular flexibility index (Phi) is 10.2. The molecule has 2 amide bonds. The van der Waals surface area contributed by atoms with Gasteiger partial charge in [0.05, 0.1) is 12.2 Å². The molecule has 0 aliphatic carbocycles. The van der Waals surface area contributed by atoms with Gasteiger partial charge in [0, 0.05) is 39.1 Å². The van der Waals surface area contributed by atoms with Crippen LogP contribution in [-0.4, -0.2) is 50.8 Å². The van der Waals surface area contributed by atoms with Crippen molar-refractivity contribution in [2.24, 2.45) is 16.2 Å². The summed E-state index contributed by atoms with van der Waals surface area (Å²) in [6.45, 7) is 20.2. The Morgan fingerprint density at radius 1 is 0.857 bits per heavy atom. The number of nitrogens with one attached hydrogen (secondary N) is 2. The molecule has 166 valence electrons. The fourth-order valence-corrected chi connectivity index (χ4v) is 3.44. The molecule has 28 heavy (non-hydrogen) atoms. The van der Waals surface area contributed by atoms with Crippen molar-refractivity contribution in [1.82, 2.24) is 10.6 Å². The van der Waals surface area contributed by atoms with Crippen molar-refractivity contribution in [2.75, 3.05) is 33.4 Å². The second-order valence-corrected chi connectivity index (χ2v) is 10.8. The average Bonchev–Trinajstić information content (AvgIpc) is 2.49. The van der Waals surface area contributed by atoms with Crippen LogP contribution in [-0.2, 0) is 19.1 Å². The van der Waals surface area contributed by atoms with E-state index in [0.717, 1.165) is 6.42 Å². The van der Waals surface area contributed by atoms with Crippen LogP contribution in [0.1, 0.15) is 75.2 Å². The Morgan fingerprint density at radius 3 is 1.93 bits per heavy atom. The zero-order chi connectivity index (χ0) is 22.2. The summed E-state index contributed by atoms with van der Waals surface area (Å²) in [5.41, 5.74) is -0.953. The van der Waals surface area contributed by atoms with Gasteiger partial charge in [0.2, 0.25) is 11.8 Å². The summed E-state index contributed by atoms with van der Waals surface area (Å²) in [6.07, 6.45) is 1.56. The van der Waals surface area contributed by atoms with Crippen LogP contribution in [0, 0.1) is 16.2 Å². The summed E-state index contributed by atoms with van der Waals surface area (Å²) >= 11 is 0. The van der Waals surface area contributed by atoms with Crippen molar-refractivity contribution in [3.63, 3.8) is 0 Å². The van der Waals surface area contributed by atoms with Gasteiger partial charge in [-0.3, -0.25) is 9.59 Å². The fourth-order valence-electron chi connectivity index (χ4n) is 3.44. The van der Waals surface area contributed by atoms with Gasteiger partial charge in [-0.15, -0.1) is 0 Å². The summed E-state index contributed by atoms with van der Waals surface area (Å²) in [5.74, 6) is -0.0407. The first kappa shape index (κ1) is 26.9. The molecule has 0 aliphatic rings. The maximum atomic E-state index is 12.7. The number of carbonyl (C=O) groups excluding carboxylic acids is 2. The molecule has 6 nitrogen and oxygen atoms in total. The van der Waals surface area contributed by atoms with Gasteiger partial charge in [0.25, 0.3) is 0 Å². The molecule has 0 spiro atoms. The average molecular weight is 401 g/mol.